The molecule has 0 spiro atoms. The molecular weight excluding hydrogens is 1000 g/mol. The van der Waals surface area contributed by atoms with Gasteiger partial charge in [0.15, 0.2) is 8.38 Å². The summed E-state index contributed by atoms with van der Waals surface area (Å²) in [6.07, 6.45) is 10.7. The van der Waals surface area contributed by atoms with Gasteiger partial charge in [-0.3, -0.25) is 0 Å². The van der Waals surface area contributed by atoms with E-state index in [-0.39, 0.29) is 82.3 Å². The van der Waals surface area contributed by atoms with Crippen LogP contribution in [-0.2, 0) is 37.0 Å². The molecule has 4 fully saturated rings. The van der Waals surface area contributed by atoms with Gasteiger partial charge >= 0.3 is 0 Å². The van der Waals surface area contributed by atoms with E-state index >= 15 is 0 Å². The van der Waals surface area contributed by atoms with Gasteiger partial charge < -0.3 is 62.1 Å². The zero-order chi connectivity index (χ0) is 59.7. The Morgan fingerprint density at radius 1 is 0.913 bits per heavy atom. The molecule has 0 saturated carbocycles. The number of ether oxygens (including phenoxy) is 4. The molecule has 404 valence electrons. The predicted molar refractivity (Wildman–Crippen MR) is 294 cm³/mol. The fourth-order valence-electron chi connectivity index (χ4n) is 6.45. The number of hydrogen-bond donors (Lipinski definition) is 3. The molecule has 0 radical (unpaired) electrons. The normalized spacial score (nSPS) is 30.6. The summed E-state index contributed by atoms with van der Waals surface area (Å²) in [5.74, 6) is 3.00. The van der Waals surface area contributed by atoms with Gasteiger partial charge in [0.1, 0.15) is 21.3 Å². The SMILES string of the molecule is C#C[Si](C)(C)C.[2H]C[C@H]1O[C@H]([3H])C[C@@H]1OP(C=C)OCC[N+]#[C-].[2H]C[C@H]1O[C@H]([3H])C[C@@H]1OP(OCC[N+]#[C-])N(C(C)C)C(C)C.[3H]OC.[3H]OC.[3H][C@@H]1C[C@H](C)[C@@H](C(=C)CCCBr)O1.[3H][C@@H]1C[C@H](C)[C@@H]([C@H](C)CCCO)O1. The molecule has 0 amide bonds. The van der Waals surface area contributed by atoms with Crippen LogP contribution in [0.3, 0.4) is 0 Å². The van der Waals surface area contributed by atoms with Crippen LogP contribution in [0.5, 0.6) is 0 Å². The number of nitrogens with zero attached hydrogens (tertiary/aromatic N) is 3. The van der Waals surface area contributed by atoms with Crippen LogP contribution < -0.4 is 0 Å². The molecule has 14 nitrogen and oxygen atoms in total. The Morgan fingerprint density at radius 2 is 1.41 bits per heavy atom. The second-order valence-corrected chi connectivity index (χ2v) is 26.1. The lowest BCUT2D eigenvalue weighted by Gasteiger charge is -2.37. The fraction of sp³-hybridized carbons (Fsp3) is 0.843. The first-order chi connectivity index (χ1) is 36.3. The van der Waals surface area contributed by atoms with Crippen LogP contribution in [0.15, 0.2) is 24.5 Å². The van der Waals surface area contributed by atoms with E-state index in [0.29, 0.717) is 56.9 Å². The maximum atomic E-state index is 8.70. The van der Waals surface area contributed by atoms with E-state index in [9.17, 15) is 0 Å². The molecule has 18 heteroatoms. The van der Waals surface area contributed by atoms with Crippen molar-refractivity contribution in [2.45, 2.75) is 182 Å². The van der Waals surface area contributed by atoms with Crippen molar-refractivity contribution in [3.8, 4) is 12.0 Å². The lowest BCUT2D eigenvalue weighted by atomic mass is 9.90. The zero-order valence-corrected chi connectivity index (χ0v) is 48.6. The molecule has 0 bridgehead atoms. The number of halogens is 1. The largest absolute Gasteiger partial charge is 0.400 e. The summed E-state index contributed by atoms with van der Waals surface area (Å²) in [5, 5.41) is 16.7. The van der Waals surface area contributed by atoms with Crippen LogP contribution in [-0.4, -0.2) is 158 Å². The minimum absolute atomic E-state index is 0.0718. The number of terminal acetylenes is 1. The summed E-state index contributed by atoms with van der Waals surface area (Å²) in [5.41, 5.74) is 3.90. The highest BCUT2D eigenvalue weighted by Gasteiger charge is 2.35. The zero-order valence-electron chi connectivity index (χ0n) is 52.2. The minimum Gasteiger partial charge on any atom is -0.400 e. The summed E-state index contributed by atoms with van der Waals surface area (Å²) in [6.45, 7) is 42.1. The van der Waals surface area contributed by atoms with E-state index in [2.05, 4.69) is 127 Å². The standard InChI is InChI=1S/C14H27N2O3P.C10H17BrO.C10H16NO3P.C10H20O2.C5H10Si.2CH4O/c1-11(2)16(12(3)4)20(18-10-8-15-6)19-14-7-9-17-13(14)5;1-8(4-3-6-11)10-9(2)5-7-12-10;1-4-15(13-8-6-11-3)14-10-5-7-12-9(10)2;1-8(4-3-6-11)10-9(2)5-7-12-10;1-5-6(2,3)4;2*1-2/h11-14H,7-10H2,1-5H3;9-10H,1,3-7H2,2H3;4,9-10H,1,5-8H2,2H3;8-11H,3-7H2,1-2H3;1H,2-4H3;2*2H,1H3/t13-,14+,20?;9-,10+;9-,10+,15?;8-,9+,10-;;;/m1011.../s1/i5D,9T;7T;2D,7T;7T;;2*2T/t9-,13-,14+,20?;7-,9+,10-;7-,9-,10+,15?;7-,8-,9+,10-;;;/m1111.... The van der Waals surface area contributed by atoms with Gasteiger partial charge in [-0.15, -0.1) is 12.0 Å². The van der Waals surface area contributed by atoms with Gasteiger partial charge in [0.05, 0.1) is 42.1 Å². The highest BCUT2D eigenvalue weighted by molar-refractivity contribution is 9.09. The van der Waals surface area contributed by atoms with Crippen LogP contribution in [0.25, 0.3) is 9.69 Å². The summed E-state index contributed by atoms with van der Waals surface area (Å²) >= 11 is 3.39. The first kappa shape index (κ1) is 57.4. The number of aliphatic hydroxyl groups excluding tert-OH is 3. The minimum atomic E-state index is -1.33. The summed E-state index contributed by atoms with van der Waals surface area (Å²) < 4.78 is 103. The van der Waals surface area contributed by atoms with Crippen molar-refractivity contribution in [3.05, 3.63) is 47.4 Å². The van der Waals surface area contributed by atoms with Crippen molar-refractivity contribution < 1.29 is 60.6 Å². The van der Waals surface area contributed by atoms with Crippen LogP contribution in [0.2, 0.25) is 19.6 Å². The van der Waals surface area contributed by atoms with Gasteiger partial charge in [-0.25, -0.2) is 17.8 Å². The molecule has 0 aromatic heterocycles. The molecule has 2 unspecified atom stereocenters. The average Bonchev–Trinajstić information content (AvgIpc) is 4.12. The monoisotopic (exact) mass is 1110 g/mol. The Labute approximate surface area is 445 Å². The first-order valence-corrected chi connectivity index (χ1v) is 30.8. The molecule has 69 heavy (non-hydrogen) atoms. The van der Waals surface area contributed by atoms with Crippen molar-refractivity contribution in [3.63, 3.8) is 0 Å². The van der Waals surface area contributed by atoms with E-state index in [1.54, 1.807) is 5.82 Å². The van der Waals surface area contributed by atoms with E-state index in [1.165, 1.54) is 14.2 Å². The van der Waals surface area contributed by atoms with Crippen LogP contribution in [0.1, 0.15) is 122 Å². The lowest BCUT2D eigenvalue weighted by Crippen LogP contribution is -2.35. The molecule has 4 aliphatic heterocycles. The topological polar surface area (TPSA) is 146 Å². The van der Waals surface area contributed by atoms with Crippen molar-refractivity contribution in [2.75, 3.05) is 78.8 Å². The molecule has 15 atom stereocenters. The summed E-state index contributed by atoms with van der Waals surface area (Å²) in [4.78, 5) is 6.49. The Hall–Kier alpha value is -0.903. The smallest absolute Gasteiger partial charge is 0.259 e. The summed E-state index contributed by atoms with van der Waals surface area (Å²) in [6, 6.07) is 0.477. The van der Waals surface area contributed by atoms with E-state index in [1.807, 2.05) is 0 Å². The average molecular weight is 1110 g/mol. The Kier molecular flexibility index (Phi) is 38.0. The molecule has 4 heterocycles. The maximum absolute atomic E-state index is 8.70. The van der Waals surface area contributed by atoms with Gasteiger partial charge in [-0.05, 0) is 122 Å². The molecule has 3 N–H and O–H groups in total. The molecule has 4 aliphatic rings. The lowest BCUT2D eigenvalue weighted by molar-refractivity contribution is 0.0459. The van der Waals surface area contributed by atoms with Crippen molar-refractivity contribution in [1.29, 1.82) is 2.86 Å². The van der Waals surface area contributed by atoms with E-state index in [4.69, 9.17) is 72.8 Å². The third-order valence-corrected chi connectivity index (χ3v) is 14.9. The van der Waals surface area contributed by atoms with Crippen LogP contribution in [0, 0.1) is 42.9 Å². The molecule has 0 aromatic carbocycles. The fourth-order valence-corrected chi connectivity index (χ4v) is 9.48. The molecular formula is C51H98BrN3O11P2Si. The van der Waals surface area contributed by atoms with E-state index < -0.39 is 38.1 Å². The van der Waals surface area contributed by atoms with Crippen molar-refractivity contribution in [2.24, 2.45) is 17.8 Å². The quantitative estimate of drug-likeness (QED) is 0.0180. The van der Waals surface area contributed by atoms with Gasteiger partial charge in [0.2, 0.25) is 16.0 Å². The third kappa shape index (κ3) is 35.0. The second kappa shape index (κ2) is 45.7. The highest BCUT2D eigenvalue weighted by atomic mass is 79.9. The molecule has 4 rings (SSSR count). The van der Waals surface area contributed by atoms with Crippen LogP contribution in [0.4, 0.5) is 0 Å². The highest BCUT2D eigenvalue weighted by Crippen LogP contribution is 2.48. The summed E-state index contributed by atoms with van der Waals surface area (Å²) in [7, 11) is -1.11. The van der Waals surface area contributed by atoms with Gasteiger partial charge in [-0.2, -0.15) is 0 Å². The molecule has 0 aliphatic carbocycles. The Morgan fingerprint density at radius 3 is 1.81 bits per heavy atom. The Balaban J connectivity index is -0.000000898. The predicted octanol–water partition coefficient (Wildman–Crippen LogP) is 11.7. The van der Waals surface area contributed by atoms with E-state index in [0.717, 1.165) is 49.4 Å². The molecule has 0 aromatic rings. The maximum Gasteiger partial charge on any atom is 0.259 e. The van der Waals surface area contributed by atoms with Gasteiger partial charge in [0, 0.05) is 67.3 Å². The third-order valence-electron chi connectivity index (χ3n) is 10.1. The second-order valence-electron chi connectivity index (χ2n) is 17.7. The Bertz CT molecular complexity index is 1610. The first-order valence-electron chi connectivity index (χ1n) is 28.3. The van der Waals surface area contributed by atoms with Crippen molar-refractivity contribution in [1.82, 2.24) is 4.67 Å². The van der Waals surface area contributed by atoms with Gasteiger partial charge in [0.25, 0.3) is 8.53 Å². The number of hydrogen-bond acceptors (Lipinski definition) is 12. The number of alkyl halides is 1. The number of rotatable bonds is 22. The van der Waals surface area contributed by atoms with Crippen LogP contribution >= 0.6 is 32.8 Å². The van der Waals surface area contributed by atoms with Crippen molar-refractivity contribution >= 4 is 40.9 Å². The molecule has 4 saturated heterocycles. The van der Waals surface area contributed by atoms with Gasteiger partial charge in [-0.1, -0.05) is 69.5 Å². The number of aliphatic hydroxyl groups is 3.